The van der Waals surface area contributed by atoms with Crippen LogP contribution in [-0.4, -0.2) is 23.2 Å². The molecule has 0 heterocycles. The lowest BCUT2D eigenvalue weighted by Gasteiger charge is -2.14. The maximum absolute atomic E-state index is 11.8. The molecule has 0 fully saturated rings. The third-order valence-electron chi connectivity index (χ3n) is 2.02. The fourth-order valence-electron chi connectivity index (χ4n) is 1.18. The summed E-state index contributed by atoms with van der Waals surface area (Å²) in [6.07, 6.45) is 0. The summed E-state index contributed by atoms with van der Waals surface area (Å²) in [5.74, 6) is -0.0630. The first-order valence-electron chi connectivity index (χ1n) is 5.17. The lowest BCUT2D eigenvalue weighted by atomic mass is 10.1. The molecule has 1 N–H and O–H groups in total. The second-order valence-corrected chi connectivity index (χ2v) is 5.19. The Bertz CT molecular complexity index is 493. The van der Waals surface area contributed by atoms with Crippen LogP contribution in [0.25, 0.3) is 0 Å². The fraction of sp³-hybridized carbons (Fsp3) is 0.273. The van der Waals surface area contributed by atoms with Crippen molar-refractivity contribution in [3.8, 4) is 5.75 Å². The van der Waals surface area contributed by atoms with Crippen LogP contribution >= 0.6 is 7.60 Å². The highest BCUT2D eigenvalue weighted by molar-refractivity contribution is 7.71. The van der Waals surface area contributed by atoms with E-state index in [9.17, 15) is 14.2 Å². The smallest absolute Gasteiger partial charge is 0.471 e. The van der Waals surface area contributed by atoms with Crippen molar-refractivity contribution in [1.29, 1.82) is 0 Å². The van der Waals surface area contributed by atoms with Crippen molar-refractivity contribution in [2.24, 2.45) is 0 Å². The van der Waals surface area contributed by atoms with Gasteiger partial charge in [0.05, 0.1) is 6.61 Å². The molecule has 0 saturated heterocycles. The molecule has 0 bridgehead atoms. The first-order chi connectivity index (χ1) is 8.39. The standard InChI is InChI=1S/C11H13O6P/c1-3-16-18(15,11(13)14)17-10-6-4-9(5-7-10)8(2)12/h4-7H,3H2,1-2H3,(H,13,14). The van der Waals surface area contributed by atoms with Crippen LogP contribution in [0.15, 0.2) is 24.3 Å². The van der Waals surface area contributed by atoms with Gasteiger partial charge in [-0.2, -0.15) is 0 Å². The quantitative estimate of drug-likeness (QED) is 0.631. The number of carboxylic acid groups (broad SMARTS) is 1. The highest BCUT2D eigenvalue weighted by Crippen LogP contribution is 2.48. The summed E-state index contributed by atoms with van der Waals surface area (Å²) in [5, 5.41) is 8.80. The largest absolute Gasteiger partial charge is 0.487 e. The van der Waals surface area contributed by atoms with Crippen LogP contribution in [0.5, 0.6) is 5.75 Å². The Labute approximate surface area is 104 Å². The molecule has 1 aromatic rings. The molecule has 0 radical (unpaired) electrons. The van der Waals surface area contributed by atoms with Gasteiger partial charge in [-0.25, -0.2) is 9.36 Å². The molecule has 0 aliphatic heterocycles. The average molecular weight is 272 g/mol. The molecule has 1 unspecified atom stereocenters. The van der Waals surface area contributed by atoms with Gasteiger partial charge in [0.1, 0.15) is 5.75 Å². The molecule has 0 amide bonds. The first kappa shape index (κ1) is 14.4. The summed E-state index contributed by atoms with van der Waals surface area (Å²) < 4.78 is 21.3. The molecule has 18 heavy (non-hydrogen) atoms. The summed E-state index contributed by atoms with van der Waals surface area (Å²) >= 11 is 0. The Balaban J connectivity index is 2.92. The van der Waals surface area contributed by atoms with E-state index >= 15 is 0 Å². The minimum Gasteiger partial charge on any atom is -0.471 e. The molecule has 0 aliphatic rings. The Morgan fingerprint density at radius 3 is 2.22 bits per heavy atom. The summed E-state index contributed by atoms with van der Waals surface area (Å²) in [5.41, 5.74) is -1.20. The average Bonchev–Trinajstić information content (AvgIpc) is 2.29. The predicted molar refractivity (Wildman–Crippen MR) is 64.3 cm³/mol. The van der Waals surface area contributed by atoms with E-state index in [1.54, 1.807) is 0 Å². The molecule has 7 heteroatoms. The Morgan fingerprint density at radius 2 is 1.83 bits per heavy atom. The van der Waals surface area contributed by atoms with Gasteiger partial charge in [0.2, 0.25) is 0 Å². The molecular weight excluding hydrogens is 259 g/mol. The van der Waals surface area contributed by atoms with E-state index in [4.69, 9.17) is 9.63 Å². The summed E-state index contributed by atoms with van der Waals surface area (Å²) in [7, 11) is -4.22. The number of hydrogen-bond acceptors (Lipinski definition) is 5. The number of rotatable bonds is 6. The molecule has 6 nitrogen and oxygen atoms in total. The highest BCUT2D eigenvalue weighted by atomic mass is 31.2. The van der Waals surface area contributed by atoms with Gasteiger partial charge in [0, 0.05) is 5.56 Å². The number of benzene rings is 1. The van der Waals surface area contributed by atoms with Crippen LogP contribution < -0.4 is 4.52 Å². The molecule has 0 saturated carbocycles. The van der Waals surface area contributed by atoms with Crippen LogP contribution in [0, 0.1) is 0 Å². The van der Waals surface area contributed by atoms with Gasteiger partial charge in [-0.15, -0.1) is 0 Å². The number of hydrogen-bond donors (Lipinski definition) is 1. The van der Waals surface area contributed by atoms with E-state index in [0.717, 1.165) is 0 Å². The second kappa shape index (κ2) is 5.80. The van der Waals surface area contributed by atoms with Crippen LogP contribution in [0.3, 0.4) is 0 Å². The molecular formula is C11H13O6P. The first-order valence-corrected chi connectivity index (χ1v) is 6.72. The van der Waals surface area contributed by atoms with Crippen molar-refractivity contribution in [2.75, 3.05) is 6.61 Å². The van der Waals surface area contributed by atoms with Gasteiger partial charge in [-0.05, 0) is 38.1 Å². The topological polar surface area (TPSA) is 89.9 Å². The monoisotopic (exact) mass is 272 g/mol. The zero-order valence-corrected chi connectivity index (χ0v) is 10.8. The lowest BCUT2D eigenvalue weighted by Crippen LogP contribution is -2.06. The zero-order valence-electron chi connectivity index (χ0n) is 9.95. The van der Waals surface area contributed by atoms with E-state index in [-0.39, 0.29) is 18.1 Å². The number of carbonyl (C=O) groups is 2. The SMILES string of the molecule is CCOP(=O)(Oc1ccc(C(C)=O)cc1)C(=O)O. The maximum atomic E-state index is 11.8. The molecule has 0 spiro atoms. The van der Waals surface area contributed by atoms with E-state index in [0.29, 0.717) is 5.56 Å². The second-order valence-electron chi connectivity index (χ2n) is 3.37. The summed E-state index contributed by atoms with van der Waals surface area (Å²) in [4.78, 5) is 21.9. The van der Waals surface area contributed by atoms with Gasteiger partial charge >= 0.3 is 13.3 Å². The van der Waals surface area contributed by atoms with Crippen molar-refractivity contribution in [3.63, 3.8) is 0 Å². The minimum atomic E-state index is -4.22. The minimum absolute atomic E-state index is 0.0465. The van der Waals surface area contributed by atoms with Gasteiger partial charge < -0.3 is 9.63 Å². The molecule has 98 valence electrons. The third-order valence-corrected chi connectivity index (χ3v) is 3.54. The van der Waals surface area contributed by atoms with E-state index in [2.05, 4.69) is 4.52 Å². The molecule has 1 atom stereocenters. The molecule has 0 aromatic heterocycles. The third kappa shape index (κ3) is 3.42. The van der Waals surface area contributed by atoms with Gasteiger partial charge in [0.25, 0.3) is 0 Å². The van der Waals surface area contributed by atoms with Gasteiger partial charge in [-0.1, -0.05) is 0 Å². The number of Topliss-reactive ketones (excluding diaryl/α,β-unsaturated/α-hetero) is 1. The van der Waals surface area contributed by atoms with Crippen molar-refractivity contribution < 1.29 is 28.3 Å². The van der Waals surface area contributed by atoms with Crippen LogP contribution in [0.2, 0.25) is 0 Å². The Kier molecular flexibility index (Phi) is 4.64. The normalized spacial score (nSPS) is 13.7. The van der Waals surface area contributed by atoms with Crippen LogP contribution in [-0.2, 0) is 9.09 Å². The summed E-state index contributed by atoms with van der Waals surface area (Å²) in [6, 6.07) is 5.64. The van der Waals surface area contributed by atoms with Crippen molar-refractivity contribution in [2.45, 2.75) is 13.8 Å². The van der Waals surface area contributed by atoms with Gasteiger partial charge in [0.15, 0.2) is 5.78 Å². The van der Waals surface area contributed by atoms with E-state index in [1.165, 1.54) is 38.1 Å². The van der Waals surface area contributed by atoms with Crippen LogP contribution in [0.1, 0.15) is 24.2 Å². The Morgan fingerprint density at radius 1 is 1.28 bits per heavy atom. The highest BCUT2D eigenvalue weighted by Gasteiger charge is 2.36. The van der Waals surface area contributed by atoms with Crippen molar-refractivity contribution in [1.82, 2.24) is 0 Å². The predicted octanol–water partition coefficient (Wildman–Crippen LogP) is 3.18. The lowest BCUT2D eigenvalue weighted by molar-refractivity contribution is 0.101. The van der Waals surface area contributed by atoms with Gasteiger partial charge in [-0.3, -0.25) is 9.32 Å². The van der Waals surface area contributed by atoms with Crippen LogP contribution in [0.4, 0.5) is 4.79 Å². The summed E-state index contributed by atoms with van der Waals surface area (Å²) in [6.45, 7) is 2.87. The van der Waals surface area contributed by atoms with E-state index < -0.39 is 13.3 Å². The molecule has 0 aliphatic carbocycles. The van der Waals surface area contributed by atoms with Crippen molar-refractivity contribution in [3.05, 3.63) is 29.8 Å². The molecule has 1 aromatic carbocycles. The molecule has 1 rings (SSSR count). The van der Waals surface area contributed by atoms with E-state index in [1.807, 2.05) is 0 Å². The Hall–Kier alpha value is -1.65. The zero-order chi connectivity index (χ0) is 13.8. The van der Waals surface area contributed by atoms with Crippen molar-refractivity contribution >= 4 is 19.1 Å². The maximum Gasteiger partial charge on any atom is 0.487 e. The number of ketones is 1. The number of carbonyl (C=O) groups excluding carboxylic acids is 1. The fourth-order valence-corrected chi connectivity index (χ4v) is 2.16.